The topological polar surface area (TPSA) is 63.3 Å². The van der Waals surface area contributed by atoms with Crippen LogP contribution in [0, 0.1) is 5.92 Å². The van der Waals surface area contributed by atoms with Crippen molar-refractivity contribution in [1.29, 1.82) is 0 Å². The van der Waals surface area contributed by atoms with Crippen LogP contribution in [0.2, 0.25) is 0 Å². The number of carbonyl (C=O) groups is 1. The number of carbonyl (C=O) groups excluding carboxylic acids is 1. The lowest BCUT2D eigenvalue weighted by molar-refractivity contribution is 0.0996. The molecule has 0 aromatic heterocycles. The van der Waals surface area contributed by atoms with E-state index in [1.807, 2.05) is 6.07 Å². The number of aromatic hydroxyl groups is 1. The molecule has 0 aliphatic heterocycles. The third-order valence-corrected chi connectivity index (χ3v) is 2.00. The molecule has 0 spiro atoms. The number of hydrogen-bond acceptors (Lipinski definition) is 2. The molecule has 1 aromatic carbocycles. The molecule has 0 heterocycles. The Balaban J connectivity index is 3.14. The fraction of sp³-hybridized carbons (Fsp3) is 0.364. The van der Waals surface area contributed by atoms with Gasteiger partial charge in [-0.2, -0.15) is 0 Å². The number of benzene rings is 1. The van der Waals surface area contributed by atoms with Gasteiger partial charge in [0.15, 0.2) is 0 Å². The predicted octanol–water partition coefficient (Wildman–Crippen LogP) is 1.69. The molecule has 0 radical (unpaired) electrons. The lowest BCUT2D eigenvalue weighted by Gasteiger charge is -2.10. The summed E-state index contributed by atoms with van der Waals surface area (Å²) in [5, 5.41) is 9.47. The first-order valence-corrected chi connectivity index (χ1v) is 4.63. The Bertz CT molecular complexity index is 345. The number of hydrogen-bond donors (Lipinski definition) is 2. The summed E-state index contributed by atoms with van der Waals surface area (Å²) < 4.78 is 0. The zero-order valence-corrected chi connectivity index (χ0v) is 8.45. The maximum Gasteiger partial charge on any atom is 0.252 e. The maximum absolute atomic E-state index is 11.1. The molecule has 3 heteroatoms. The molecule has 0 aliphatic carbocycles. The lowest BCUT2D eigenvalue weighted by atomic mass is 9.97. The Labute approximate surface area is 83.6 Å². The van der Waals surface area contributed by atoms with E-state index in [-0.39, 0.29) is 11.3 Å². The van der Waals surface area contributed by atoms with Crippen molar-refractivity contribution in [3.05, 3.63) is 29.3 Å². The van der Waals surface area contributed by atoms with Crippen LogP contribution in [-0.2, 0) is 6.42 Å². The smallest absolute Gasteiger partial charge is 0.252 e. The van der Waals surface area contributed by atoms with Gasteiger partial charge in [0.05, 0.1) is 5.56 Å². The highest BCUT2D eigenvalue weighted by molar-refractivity contribution is 5.97. The summed E-state index contributed by atoms with van der Waals surface area (Å²) >= 11 is 0. The highest BCUT2D eigenvalue weighted by Crippen LogP contribution is 2.22. The van der Waals surface area contributed by atoms with E-state index in [1.165, 1.54) is 6.07 Å². The number of rotatable bonds is 3. The largest absolute Gasteiger partial charge is 0.507 e. The molecule has 0 unspecified atom stereocenters. The molecule has 0 saturated heterocycles. The van der Waals surface area contributed by atoms with Gasteiger partial charge in [-0.25, -0.2) is 0 Å². The van der Waals surface area contributed by atoms with Crippen LogP contribution in [0.25, 0.3) is 0 Å². The van der Waals surface area contributed by atoms with Gasteiger partial charge in [0.25, 0.3) is 5.91 Å². The second-order valence-electron chi connectivity index (χ2n) is 3.77. The number of nitrogens with two attached hydrogens (primary N) is 1. The molecule has 0 fully saturated rings. The van der Waals surface area contributed by atoms with Gasteiger partial charge < -0.3 is 10.8 Å². The van der Waals surface area contributed by atoms with Gasteiger partial charge in [-0.3, -0.25) is 4.79 Å². The number of phenols is 1. The van der Waals surface area contributed by atoms with Crippen molar-refractivity contribution in [2.75, 3.05) is 0 Å². The molecule has 3 nitrogen and oxygen atoms in total. The van der Waals surface area contributed by atoms with Gasteiger partial charge in [0, 0.05) is 0 Å². The van der Waals surface area contributed by atoms with Crippen molar-refractivity contribution in [2.24, 2.45) is 11.7 Å². The van der Waals surface area contributed by atoms with Crippen molar-refractivity contribution in [1.82, 2.24) is 0 Å². The highest BCUT2D eigenvalue weighted by atomic mass is 16.3. The lowest BCUT2D eigenvalue weighted by Crippen LogP contribution is -2.14. The van der Waals surface area contributed by atoms with E-state index in [2.05, 4.69) is 13.8 Å². The van der Waals surface area contributed by atoms with Crippen LogP contribution in [0.5, 0.6) is 5.75 Å². The third-order valence-electron chi connectivity index (χ3n) is 2.00. The molecule has 1 rings (SSSR count). The minimum absolute atomic E-state index is 0.0318. The molecular formula is C11H15NO2. The first kappa shape index (κ1) is 10.6. The average Bonchev–Trinajstić information content (AvgIpc) is 2.01. The van der Waals surface area contributed by atoms with E-state index < -0.39 is 5.91 Å². The summed E-state index contributed by atoms with van der Waals surface area (Å²) in [6.07, 6.45) is 0.743. The molecule has 1 aromatic rings. The fourth-order valence-corrected chi connectivity index (χ4v) is 1.48. The van der Waals surface area contributed by atoms with Crippen LogP contribution >= 0.6 is 0 Å². The number of primary amides is 1. The second kappa shape index (κ2) is 4.13. The Morgan fingerprint density at radius 1 is 1.50 bits per heavy atom. The zero-order chi connectivity index (χ0) is 10.7. The molecule has 0 atom stereocenters. The maximum atomic E-state index is 11.1. The van der Waals surface area contributed by atoms with Crippen molar-refractivity contribution in [3.8, 4) is 5.75 Å². The van der Waals surface area contributed by atoms with Gasteiger partial charge in [-0.15, -0.1) is 0 Å². The van der Waals surface area contributed by atoms with Gasteiger partial charge in [0.2, 0.25) is 0 Å². The fourth-order valence-electron chi connectivity index (χ4n) is 1.48. The number of amides is 1. The summed E-state index contributed by atoms with van der Waals surface area (Å²) in [6.45, 7) is 4.10. The Kier molecular flexibility index (Phi) is 3.12. The summed E-state index contributed by atoms with van der Waals surface area (Å²) in [4.78, 5) is 11.1. The Morgan fingerprint density at radius 2 is 2.14 bits per heavy atom. The molecular weight excluding hydrogens is 178 g/mol. The van der Waals surface area contributed by atoms with Crippen molar-refractivity contribution >= 4 is 5.91 Å². The average molecular weight is 193 g/mol. The summed E-state index contributed by atoms with van der Waals surface area (Å²) in [7, 11) is 0. The zero-order valence-electron chi connectivity index (χ0n) is 8.45. The SMILES string of the molecule is CC(C)Cc1cccc(O)c1C(N)=O. The standard InChI is InChI=1S/C11H15NO2/c1-7(2)6-8-4-3-5-9(13)10(8)11(12)14/h3-5,7,13H,6H2,1-2H3,(H2,12,14). The van der Waals surface area contributed by atoms with E-state index in [4.69, 9.17) is 5.73 Å². The van der Waals surface area contributed by atoms with E-state index in [1.54, 1.807) is 6.07 Å². The first-order chi connectivity index (χ1) is 6.52. The van der Waals surface area contributed by atoms with Crippen LogP contribution in [0.1, 0.15) is 29.8 Å². The monoisotopic (exact) mass is 193 g/mol. The van der Waals surface area contributed by atoms with Crippen LogP contribution in [-0.4, -0.2) is 11.0 Å². The van der Waals surface area contributed by atoms with Gasteiger partial charge in [0.1, 0.15) is 5.75 Å². The molecule has 3 N–H and O–H groups in total. The summed E-state index contributed by atoms with van der Waals surface area (Å²) in [5.74, 6) is -0.177. The molecule has 76 valence electrons. The Hall–Kier alpha value is -1.51. The minimum atomic E-state index is -0.571. The highest BCUT2D eigenvalue weighted by Gasteiger charge is 2.13. The van der Waals surface area contributed by atoms with Gasteiger partial charge in [-0.05, 0) is 24.0 Å². The van der Waals surface area contributed by atoms with Crippen molar-refractivity contribution < 1.29 is 9.90 Å². The van der Waals surface area contributed by atoms with Crippen molar-refractivity contribution in [2.45, 2.75) is 20.3 Å². The quantitative estimate of drug-likeness (QED) is 0.767. The van der Waals surface area contributed by atoms with Gasteiger partial charge >= 0.3 is 0 Å². The van der Waals surface area contributed by atoms with E-state index >= 15 is 0 Å². The van der Waals surface area contributed by atoms with E-state index in [0.29, 0.717) is 5.92 Å². The first-order valence-electron chi connectivity index (χ1n) is 4.63. The Morgan fingerprint density at radius 3 is 2.64 bits per heavy atom. The summed E-state index contributed by atoms with van der Waals surface area (Å²) in [5.41, 5.74) is 6.26. The normalized spacial score (nSPS) is 10.5. The molecule has 0 aliphatic rings. The van der Waals surface area contributed by atoms with Crippen LogP contribution in [0.4, 0.5) is 0 Å². The van der Waals surface area contributed by atoms with E-state index in [9.17, 15) is 9.90 Å². The molecule has 0 bridgehead atoms. The van der Waals surface area contributed by atoms with E-state index in [0.717, 1.165) is 12.0 Å². The molecule has 14 heavy (non-hydrogen) atoms. The second-order valence-corrected chi connectivity index (χ2v) is 3.77. The molecule has 0 saturated carbocycles. The summed E-state index contributed by atoms with van der Waals surface area (Å²) in [6, 6.07) is 5.02. The third kappa shape index (κ3) is 2.25. The predicted molar refractivity (Wildman–Crippen MR) is 55.2 cm³/mol. The van der Waals surface area contributed by atoms with Gasteiger partial charge in [-0.1, -0.05) is 26.0 Å². The molecule has 1 amide bonds. The van der Waals surface area contributed by atoms with Crippen LogP contribution in [0.3, 0.4) is 0 Å². The van der Waals surface area contributed by atoms with Crippen molar-refractivity contribution in [3.63, 3.8) is 0 Å². The van der Waals surface area contributed by atoms with Crippen LogP contribution < -0.4 is 5.73 Å². The minimum Gasteiger partial charge on any atom is -0.507 e. The van der Waals surface area contributed by atoms with Crippen LogP contribution in [0.15, 0.2) is 18.2 Å².